The summed E-state index contributed by atoms with van der Waals surface area (Å²) >= 11 is 4.40. The van der Waals surface area contributed by atoms with Crippen molar-refractivity contribution in [1.29, 1.82) is 0 Å². The lowest BCUT2D eigenvalue weighted by atomic mass is 9.95. The van der Waals surface area contributed by atoms with Gasteiger partial charge in [0, 0.05) is 10.0 Å². The van der Waals surface area contributed by atoms with E-state index in [2.05, 4.69) is 27.5 Å². The van der Waals surface area contributed by atoms with Gasteiger partial charge in [-0.1, -0.05) is 76.3 Å². The number of carbonyl (C=O) groups excluding carboxylic acids is 3. The molecular weight excluding hydrogens is 632 g/mol. The van der Waals surface area contributed by atoms with Crippen LogP contribution in [0.1, 0.15) is 43.7 Å². The first-order chi connectivity index (χ1) is 20.7. The summed E-state index contributed by atoms with van der Waals surface area (Å²) in [5.74, 6) is -2.11. The van der Waals surface area contributed by atoms with Crippen molar-refractivity contribution in [2.45, 2.75) is 26.5 Å². The predicted molar refractivity (Wildman–Crippen MR) is 168 cm³/mol. The number of amides is 1. The first kappa shape index (κ1) is 29.9. The fourth-order valence-electron chi connectivity index (χ4n) is 4.69. The van der Waals surface area contributed by atoms with Crippen LogP contribution in [0.15, 0.2) is 95.5 Å². The van der Waals surface area contributed by atoms with Crippen LogP contribution in [0, 0.1) is 13.8 Å². The molecule has 10 heteroatoms. The summed E-state index contributed by atoms with van der Waals surface area (Å²) in [5.41, 5.74) is 3.33. The van der Waals surface area contributed by atoms with Crippen LogP contribution in [-0.4, -0.2) is 34.4 Å². The Hall–Kier alpha value is -4.54. The van der Waals surface area contributed by atoms with E-state index < -0.39 is 23.7 Å². The van der Waals surface area contributed by atoms with Crippen molar-refractivity contribution in [3.05, 3.63) is 128 Å². The SMILES string of the molecule is C=CCOC(=O)c1sc(N2C(=O)C(=O)/C(=C(/O)c3ccc(OCc4ccccc4C)cc3)C2c2cccc(Br)c2)nc1C. The van der Waals surface area contributed by atoms with E-state index in [0.717, 1.165) is 26.9 Å². The van der Waals surface area contributed by atoms with E-state index in [4.69, 9.17) is 9.47 Å². The first-order valence-corrected chi connectivity index (χ1v) is 14.9. The fraction of sp³-hybridized carbons (Fsp3) is 0.152. The molecule has 1 unspecified atom stereocenters. The van der Waals surface area contributed by atoms with E-state index in [1.807, 2.05) is 37.3 Å². The monoisotopic (exact) mass is 658 g/mol. The molecule has 1 aliphatic heterocycles. The molecule has 218 valence electrons. The maximum absolute atomic E-state index is 13.5. The fourth-order valence-corrected chi connectivity index (χ4v) is 6.10. The zero-order valence-corrected chi connectivity index (χ0v) is 25.8. The molecule has 3 aromatic carbocycles. The van der Waals surface area contributed by atoms with Crippen LogP contribution in [0.25, 0.3) is 5.76 Å². The minimum atomic E-state index is -1.00. The molecule has 0 aliphatic carbocycles. The van der Waals surface area contributed by atoms with Crippen molar-refractivity contribution in [3.8, 4) is 5.75 Å². The summed E-state index contributed by atoms with van der Waals surface area (Å²) in [5, 5.41) is 11.6. The van der Waals surface area contributed by atoms with Crippen LogP contribution in [0.5, 0.6) is 5.75 Å². The molecule has 0 spiro atoms. The van der Waals surface area contributed by atoms with Crippen LogP contribution < -0.4 is 9.64 Å². The third-order valence-electron chi connectivity index (χ3n) is 6.90. The van der Waals surface area contributed by atoms with Crippen molar-refractivity contribution in [3.63, 3.8) is 0 Å². The van der Waals surface area contributed by atoms with Gasteiger partial charge in [-0.25, -0.2) is 9.78 Å². The summed E-state index contributed by atoms with van der Waals surface area (Å²) in [6.07, 6.45) is 1.45. The molecule has 4 aromatic rings. The van der Waals surface area contributed by atoms with Crippen molar-refractivity contribution in [2.75, 3.05) is 11.5 Å². The molecule has 5 rings (SSSR count). The van der Waals surface area contributed by atoms with Gasteiger partial charge in [-0.3, -0.25) is 14.5 Å². The molecule has 0 bridgehead atoms. The third kappa shape index (κ3) is 6.16. The van der Waals surface area contributed by atoms with Crippen LogP contribution >= 0.6 is 27.3 Å². The summed E-state index contributed by atoms with van der Waals surface area (Å²) in [6, 6.07) is 20.7. The van der Waals surface area contributed by atoms with E-state index in [-0.39, 0.29) is 27.9 Å². The molecule has 1 fully saturated rings. The highest BCUT2D eigenvalue weighted by atomic mass is 79.9. The quantitative estimate of drug-likeness (QED) is 0.0674. The molecular formula is C33H27BrN2O6S. The average molecular weight is 660 g/mol. The lowest BCUT2D eigenvalue weighted by Crippen LogP contribution is -2.29. The number of benzene rings is 3. The van der Waals surface area contributed by atoms with E-state index in [9.17, 15) is 19.5 Å². The number of aryl methyl sites for hydroxylation is 2. The standard InChI is InChI=1S/C33H27BrN2O6S/c1-4-16-41-32(40)30-20(3)35-33(43-30)36-27(22-10-7-11-24(34)17-22)26(29(38)31(36)39)28(37)21-12-14-25(15-13-21)42-18-23-9-6-5-8-19(23)2/h4-15,17,27,37H,1,16,18H2,2-3H3/b28-26+. The highest BCUT2D eigenvalue weighted by molar-refractivity contribution is 9.10. The molecule has 1 saturated heterocycles. The molecule has 43 heavy (non-hydrogen) atoms. The largest absolute Gasteiger partial charge is 0.507 e. The van der Waals surface area contributed by atoms with Crippen molar-refractivity contribution >= 4 is 55.8 Å². The van der Waals surface area contributed by atoms with Crippen LogP contribution in [0.4, 0.5) is 5.13 Å². The van der Waals surface area contributed by atoms with Gasteiger partial charge < -0.3 is 14.6 Å². The number of thiazole rings is 1. The molecule has 0 saturated carbocycles. The Morgan fingerprint density at radius 1 is 1.09 bits per heavy atom. The Morgan fingerprint density at radius 2 is 1.84 bits per heavy atom. The Morgan fingerprint density at radius 3 is 2.53 bits per heavy atom. The van der Waals surface area contributed by atoms with E-state index in [0.29, 0.717) is 29.2 Å². The topological polar surface area (TPSA) is 106 Å². The number of hydrogen-bond acceptors (Lipinski definition) is 8. The van der Waals surface area contributed by atoms with Crippen molar-refractivity contribution < 1.29 is 29.0 Å². The number of Topliss-reactive ketones (excluding diaryl/α,β-unsaturated/α-hetero) is 1. The molecule has 1 N–H and O–H groups in total. The zero-order valence-electron chi connectivity index (χ0n) is 23.4. The summed E-state index contributed by atoms with van der Waals surface area (Å²) < 4.78 is 11.8. The number of ketones is 1. The van der Waals surface area contributed by atoms with Gasteiger partial charge in [-0.15, -0.1) is 0 Å². The van der Waals surface area contributed by atoms with Crippen LogP contribution in [0.3, 0.4) is 0 Å². The van der Waals surface area contributed by atoms with Crippen molar-refractivity contribution in [1.82, 2.24) is 4.98 Å². The number of carbonyl (C=O) groups is 3. The molecule has 2 heterocycles. The summed E-state index contributed by atoms with van der Waals surface area (Å²) in [6.45, 7) is 7.58. The van der Waals surface area contributed by atoms with E-state index in [1.54, 1.807) is 49.4 Å². The van der Waals surface area contributed by atoms with Gasteiger partial charge in [0.25, 0.3) is 5.78 Å². The number of anilines is 1. The number of halogens is 1. The average Bonchev–Trinajstić information content (AvgIpc) is 3.51. The summed E-state index contributed by atoms with van der Waals surface area (Å²) in [4.78, 5) is 45.5. The number of esters is 1. The number of hydrogen-bond donors (Lipinski definition) is 1. The lowest BCUT2D eigenvalue weighted by Gasteiger charge is -2.23. The molecule has 1 aromatic heterocycles. The second-order valence-electron chi connectivity index (χ2n) is 9.76. The summed E-state index contributed by atoms with van der Waals surface area (Å²) in [7, 11) is 0. The highest BCUT2D eigenvalue weighted by Gasteiger charge is 2.48. The van der Waals surface area contributed by atoms with Gasteiger partial charge in [0.15, 0.2) is 5.13 Å². The Kier molecular flexibility index (Phi) is 8.89. The molecule has 1 amide bonds. The zero-order chi connectivity index (χ0) is 30.7. The number of ether oxygens (including phenoxy) is 2. The van der Waals surface area contributed by atoms with Gasteiger partial charge in [-0.2, -0.15) is 0 Å². The number of rotatable bonds is 9. The lowest BCUT2D eigenvalue weighted by molar-refractivity contribution is -0.132. The normalized spacial score (nSPS) is 15.9. The number of aromatic nitrogens is 1. The smallest absolute Gasteiger partial charge is 0.350 e. The van der Waals surface area contributed by atoms with Crippen molar-refractivity contribution in [2.24, 2.45) is 0 Å². The Bertz CT molecular complexity index is 1760. The minimum Gasteiger partial charge on any atom is -0.507 e. The molecule has 8 nitrogen and oxygen atoms in total. The van der Waals surface area contributed by atoms with E-state index >= 15 is 0 Å². The van der Waals surface area contributed by atoms with Gasteiger partial charge in [-0.05, 0) is 66.9 Å². The number of aliphatic hydroxyl groups is 1. The second-order valence-corrected chi connectivity index (χ2v) is 11.7. The highest BCUT2D eigenvalue weighted by Crippen LogP contribution is 2.44. The first-order valence-electron chi connectivity index (χ1n) is 13.3. The van der Waals surface area contributed by atoms with Gasteiger partial charge in [0.2, 0.25) is 0 Å². The third-order valence-corrected chi connectivity index (χ3v) is 8.53. The maximum Gasteiger partial charge on any atom is 0.350 e. The van der Waals surface area contributed by atoms with Crippen LogP contribution in [0.2, 0.25) is 0 Å². The minimum absolute atomic E-state index is 0.0176. The van der Waals surface area contributed by atoms with Gasteiger partial charge in [0.1, 0.15) is 29.6 Å². The Balaban J connectivity index is 1.52. The second kappa shape index (κ2) is 12.8. The maximum atomic E-state index is 13.5. The molecule has 1 aliphatic rings. The predicted octanol–water partition coefficient (Wildman–Crippen LogP) is 7.07. The molecule has 1 atom stereocenters. The number of nitrogens with zero attached hydrogens (tertiary/aromatic N) is 2. The van der Waals surface area contributed by atoms with Gasteiger partial charge >= 0.3 is 11.9 Å². The number of aliphatic hydroxyl groups excluding tert-OH is 1. The van der Waals surface area contributed by atoms with Gasteiger partial charge in [0.05, 0.1) is 17.3 Å². The molecule has 0 radical (unpaired) electrons. The Labute approximate surface area is 261 Å². The van der Waals surface area contributed by atoms with Crippen LogP contribution in [-0.2, 0) is 20.9 Å². The van der Waals surface area contributed by atoms with E-state index in [1.165, 1.54) is 11.0 Å².